The van der Waals surface area contributed by atoms with Gasteiger partial charge in [0.25, 0.3) is 0 Å². The Hall–Kier alpha value is -1.27. The molecule has 0 radical (unpaired) electrons. The molecule has 14 heavy (non-hydrogen) atoms. The fraction of sp³-hybridized carbons (Fsp3) is 0.545. The summed E-state index contributed by atoms with van der Waals surface area (Å²) in [7, 11) is 0. The highest BCUT2D eigenvalue weighted by atomic mass is 15.3. The third-order valence-corrected chi connectivity index (χ3v) is 1.61. The quantitative estimate of drug-likeness (QED) is 0.718. The number of rotatable bonds is 2. The minimum atomic E-state index is -0.438. The Morgan fingerprint density at radius 1 is 1.57 bits per heavy atom. The molecule has 1 heterocycles. The summed E-state index contributed by atoms with van der Waals surface area (Å²) >= 11 is 0. The number of aromatic nitrogens is 2. The van der Waals surface area contributed by atoms with Gasteiger partial charge in [0.1, 0.15) is 0 Å². The summed E-state index contributed by atoms with van der Waals surface area (Å²) in [6, 6.07) is 0. The maximum absolute atomic E-state index is 5.75. The van der Waals surface area contributed by atoms with E-state index in [2.05, 4.69) is 23.9 Å². The second-order valence-electron chi connectivity index (χ2n) is 3.96. The fourth-order valence-corrected chi connectivity index (χ4v) is 1.01. The van der Waals surface area contributed by atoms with Crippen molar-refractivity contribution in [3.05, 3.63) is 18.0 Å². The second kappa shape index (κ2) is 4.30. The van der Waals surface area contributed by atoms with Crippen molar-refractivity contribution in [2.24, 2.45) is 5.73 Å². The van der Waals surface area contributed by atoms with Crippen LogP contribution in [0.2, 0.25) is 0 Å². The Balaban J connectivity index is 2.71. The van der Waals surface area contributed by atoms with Gasteiger partial charge in [0.05, 0.1) is 17.3 Å². The molecule has 0 aliphatic carbocycles. The average molecular weight is 191 g/mol. The van der Waals surface area contributed by atoms with Crippen molar-refractivity contribution in [2.45, 2.75) is 39.3 Å². The summed E-state index contributed by atoms with van der Waals surface area (Å²) < 4.78 is 1.90. The van der Waals surface area contributed by atoms with Gasteiger partial charge in [0.15, 0.2) is 0 Å². The predicted octanol–water partition coefficient (Wildman–Crippen LogP) is 1.38. The summed E-state index contributed by atoms with van der Waals surface area (Å²) in [6.07, 6.45) is 4.80. The van der Waals surface area contributed by atoms with Gasteiger partial charge in [-0.1, -0.05) is 18.8 Å². The van der Waals surface area contributed by atoms with Crippen molar-refractivity contribution in [3.63, 3.8) is 0 Å². The minimum Gasteiger partial charge on any atom is -0.316 e. The van der Waals surface area contributed by atoms with Gasteiger partial charge < -0.3 is 5.73 Å². The van der Waals surface area contributed by atoms with Crippen molar-refractivity contribution in [1.82, 2.24) is 9.78 Å². The first-order chi connectivity index (χ1) is 6.51. The minimum absolute atomic E-state index is 0.438. The second-order valence-corrected chi connectivity index (χ2v) is 3.96. The Bertz CT molecular complexity index is 347. The monoisotopic (exact) mass is 191 g/mol. The van der Waals surface area contributed by atoms with Gasteiger partial charge in [-0.25, -0.2) is 0 Å². The van der Waals surface area contributed by atoms with Crippen LogP contribution in [0.1, 0.15) is 32.8 Å². The summed E-state index contributed by atoms with van der Waals surface area (Å²) in [4.78, 5) is 0. The van der Waals surface area contributed by atoms with E-state index in [1.54, 1.807) is 6.20 Å². The van der Waals surface area contributed by atoms with Crippen LogP contribution in [0.5, 0.6) is 0 Å². The highest BCUT2D eigenvalue weighted by Crippen LogP contribution is 1.98. The molecule has 3 heteroatoms. The molecule has 0 amide bonds. The molecule has 0 aliphatic rings. The van der Waals surface area contributed by atoms with E-state index in [1.807, 2.05) is 24.7 Å². The molecule has 0 aliphatic heterocycles. The molecule has 0 fully saturated rings. The van der Waals surface area contributed by atoms with Crippen molar-refractivity contribution >= 4 is 0 Å². The normalized spacial score (nSPS) is 10.9. The molecular weight excluding hydrogens is 174 g/mol. The average Bonchev–Trinajstić information content (AvgIpc) is 2.49. The van der Waals surface area contributed by atoms with E-state index in [9.17, 15) is 0 Å². The zero-order valence-electron chi connectivity index (χ0n) is 9.04. The Kier molecular flexibility index (Phi) is 3.32. The highest BCUT2D eigenvalue weighted by Gasteiger charge is 2.03. The van der Waals surface area contributed by atoms with Gasteiger partial charge >= 0.3 is 0 Å². The Labute approximate surface area is 85.3 Å². The predicted molar refractivity (Wildman–Crippen MR) is 57.7 cm³/mol. The third kappa shape index (κ3) is 3.63. The first kappa shape index (κ1) is 10.8. The van der Waals surface area contributed by atoms with Crippen molar-refractivity contribution < 1.29 is 0 Å². The summed E-state index contributed by atoms with van der Waals surface area (Å²) in [5, 5.41) is 4.18. The van der Waals surface area contributed by atoms with Gasteiger partial charge in [-0.15, -0.1) is 0 Å². The largest absolute Gasteiger partial charge is 0.316 e. The van der Waals surface area contributed by atoms with Crippen LogP contribution in [0.25, 0.3) is 0 Å². The van der Waals surface area contributed by atoms with E-state index in [-0.39, 0.29) is 0 Å². The molecule has 0 atom stereocenters. The standard InChI is InChI=1S/C11H17N3/c1-4-7-14-9-10(8-13-14)5-6-11(2,3)12/h8-9H,4,7,12H2,1-3H3. The maximum Gasteiger partial charge on any atom is 0.0722 e. The molecule has 1 rings (SSSR count). The zero-order valence-corrected chi connectivity index (χ0v) is 9.04. The molecular formula is C11H17N3. The van der Waals surface area contributed by atoms with Gasteiger partial charge in [0, 0.05) is 12.7 Å². The molecule has 0 aromatic carbocycles. The van der Waals surface area contributed by atoms with Crippen LogP contribution in [0.4, 0.5) is 0 Å². The van der Waals surface area contributed by atoms with Crippen LogP contribution in [0.3, 0.4) is 0 Å². The van der Waals surface area contributed by atoms with Crippen LogP contribution >= 0.6 is 0 Å². The molecule has 2 N–H and O–H groups in total. The number of hydrogen-bond acceptors (Lipinski definition) is 2. The van der Waals surface area contributed by atoms with Crippen LogP contribution in [0, 0.1) is 11.8 Å². The number of nitrogens with two attached hydrogens (primary N) is 1. The Morgan fingerprint density at radius 3 is 2.86 bits per heavy atom. The lowest BCUT2D eigenvalue weighted by Gasteiger charge is -2.06. The molecule has 0 saturated carbocycles. The van der Waals surface area contributed by atoms with Gasteiger partial charge in [0.2, 0.25) is 0 Å². The lowest BCUT2D eigenvalue weighted by atomic mass is 10.1. The third-order valence-electron chi connectivity index (χ3n) is 1.61. The number of aryl methyl sites for hydroxylation is 1. The first-order valence-corrected chi connectivity index (χ1v) is 4.86. The van der Waals surface area contributed by atoms with Crippen molar-refractivity contribution in [3.8, 4) is 11.8 Å². The SMILES string of the molecule is CCCn1cc(C#CC(C)(C)N)cn1. The lowest BCUT2D eigenvalue weighted by Crippen LogP contribution is -2.29. The number of hydrogen-bond donors (Lipinski definition) is 1. The molecule has 3 nitrogen and oxygen atoms in total. The first-order valence-electron chi connectivity index (χ1n) is 4.86. The highest BCUT2D eigenvalue weighted by molar-refractivity contribution is 5.32. The molecule has 0 spiro atoms. The van der Waals surface area contributed by atoms with Crippen LogP contribution in [-0.2, 0) is 6.54 Å². The molecule has 0 bridgehead atoms. The number of nitrogens with zero attached hydrogens (tertiary/aromatic N) is 2. The van der Waals surface area contributed by atoms with Crippen LogP contribution < -0.4 is 5.73 Å². The van der Waals surface area contributed by atoms with E-state index < -0.39 is 5.54 Å². The lowest BCUT2D eigenvalue weighted by molar-refractivity contribution is 0.602. The zero-order chi connectivity index (χ0) is 10.6. The molecule has 76 valence electrons. The van der Waals surface area contributed by atoms with Crippen LogP contribution in [-0.4, -0.2) is 15.3 Å². The van der Waals surface area contributed by atoms with Crippen LogP contribution in [0.15, 0.2) is 12.4 Å². The fourth-order valence-electron chi connectivity index (χ4n) is 1.01. The smallest absolute Gasteiger partial charge is 0.0722 e. The molecule has 0 saturated heterocycles. The molecule has 0 unspecified atom stereocenters. The van der Waals surface area contributed by atoms with Gasteiger partial charge in [-0.3, -0.25) is 4.68 Å². The summed E-state index contributed by atoms with van der Waals surface area (Å²) in [5.41, 5.74) is 6.24. The topological polar surface area (TPSA) is 43.8 Å². The maximum atomic E-state index is 5.75. The van der Waals surface area contributed by atoms with E-state index in [1.165, 1.54) is 0 Å². The summed E-state index contributed by atoms with van der Waals surface area (Å²) in [5.74, 6) is 5.97. The Morgan fingerprint density at radius 2 is 2.29 bits per heavy atom. The van der Waals surface area contributed by atoms with E-state index in [4.69, 9.17) is 5.73 Å². The van der Waals surface area contributed by atoms with E-state index in [0.717, 1.165) is 18.5 Å². The van der Waals surface area contributed by atoms with E-state index in [0.29, 0.717) is 0 Å². The van der Waals surface area contributed by atoms with Crippen molar-refractivity contribution in [1.29, 1.82) is 0 Å². The summed E-state index contributed by atoms with van der Waals surface area (Å²) in [6.45, 7) is 6.83. The van der Waals surface area contributed by atoms with Crippen molar-refractivity contribution in [2.75, 3.05) is 0 Å². The van der Waals surface area contributed by atoms with Gasteiger partial charge in [-0.2, -0.15) is 5.10 Å². The van der Waals surface area contributed by atoms with Gasteiger partial charge in [-0.05, 0) is 20.3 Å². The molecule has 1 aromatic heterocycles. The molecule has 1 aromatic rings. The van der Waals surface area contributed by atoms with E-state index >= 15 is 0 Å².